The van der Waals surface area contributed by atoms with Crippen molar-refractivity contribution in [2.24, 2.45) is 0 Å². The van der Waals surface area contributed by atoms with E-state index in [-0.39, 0.29) is 6.04 Å². The van der Waals surface area contributed by atoms with Crippen molar-refractivity contribution in [1.82, 2.24) is 10.6 Å². The minimum Gasteiger partial charge on any atom is -0.376 e. The Morgan fingerprint density at radius 2 is 1.76 bits per heavy atom. The van der Waals surface area contributed by atoms with Gasteiger partial charge in [0.1, 0.15) is 0 Å². The fourth-order valence-corrected chi connectivity index (χ4v) is 2.65. The zero-order valence-electron chi connectivity index (χ0n) is 12.7. The fraction of sp³-hybridized carbons (Fsp3) is 0.500. The second-order valence-corrected chi connectivity index (χ2v) is 5.82. The van der Waals surface area contributed by atoms with Gasteiger partial charge in [-0.15, -0.1) is 0 Å². The number of carbonyl (C=O) groups is 2. The van der Waals surface area contributed by atoms with E-state index in [2.05, 4.69) is 22.8 Å². The third-order valence-electron chi connectivity index (χ3n) is 3.77. The average Bonchev–Trinajstić information content (AvgIpc) is 2.83. The Morgan fingerprint density at radius 1 is 1.19 bits per heavy atom. The molecular formula is C16H22N2O3. The van der Waals surface area contributed by atoms with Gasteiger partial charge in [-0.1, -0.05) is 24.3 Å². The molecule has 114 valence electrons. The van der Waals surface area contributed by atoms with Gasteiger partial charge in [0, 0.05) is 32.5 Å². The van der Waals surface area contributed by atoms with Crippen LogP contribution in [0.2, 0.25) is 0 Å². The highest BCUT2D eigenvalue weighted by atomic mass is 16.5. The van der Waals surface area contributed by atoms with Gasteiger partial charge < -0.3 is 15.4 Å². The molecule has 21 heavy (non-hydrogen) atoms. The first kappa shape index (κ1) is 15.5. The Labute approximate surface area is 125 Å². The first-order chi connectivity index (χ1) is 9.96. The van der Waals surface area contributed by atoms with E-state index in [1.165, 1.54) is 11.1 Å². The lowest BCUT2D eigenvalue weighted by molar-refractivity contribution is -0.140. The molecule has 5 heteroatoms. The number of nitrogens with one attached hydrogen (secondary N) is 2. The lowest BCUT2D eigenvalue weighted by atomic mass is 10.00. The maximum Gasteiger partial charge on any atom is 0.309 e. The minimum atomic E-state index is -0.615. The molecule has 0 unspecified atom stereocenters. The summed E-state index contributed by atoms with van der Waals surface area (Å²) < 4.78 is 5.65. The molecule has 0 fully saturated rings. The first-order valence-electron chi connectivity index (χ1n) is 7.16. The second kappa shape index (κ2) is 6.26. The van der Waals surface area contributed by atoms with E-state index in [0.29, 0.717) is 6.54 Å². The zero-order chi connectivity index (χ0) is 15.5. The van der Waals surface area contributed by atoms with Crippen LogP contribution in [0, 0.1) is 0 Å². The highest BCUT2D eigenvalue weighted by Crippen LogP contribution is 2.31. The van der Waals surface area contributed by atoms with Gasteiger partial charge in [-0.2, -0.15) is 0 Å². The van der Waals surface area contributed by atoms with Gasteiger partial charge in [0.2, 0.25) is 0 Å². The summed E-state index contributed by atoms with van der Waals surface area (Å²) in [5.41, 5.74) is 2.01. The molecule has 0 heterocycles. The van der Waals surface area contributed by atoms with Crippen LogP contribution in [0.15, 0.2) is 24.3 Å². The van der Waals surface area contributed by atoms with E-state index in [1.807, 2.05) is 26.0 Å². The molecule has 0 saturated carbocycles. The topological polar surface area (TPSA) is 67.4 Å². The number of benzene rings is 1. The molecular weight excluding hydrogens is 268 g/mol. The number of amides is 2. The van der Waals surface area contributed by atoms with Crippen LogP contribution in [0.3, 0.4) is 0 Å². The molecule has 0 bridgehead atoms. The quantitative estimate of drug-likeness (QED) is 0.807. The number of hydrogen-bond donors (Lipinski definition) is 2. The second-order valence-electron chi connectivity index (χ2n) is 5.82. The van der Waals surface area contributed by atoms with E-state index < -0.39 is 17.4 Å². The van der Waals surface area contributed by atoms with Crippen molar-refractivity contribution < 1.29 is 14.3 Å². The molecule has 1 aliphatic carbocycles. The minimum absolute atomic E-state index is 0.0598. The molecule has 0 radical (unpaired) electrons. The van der Waals surface area contributed by atoms with Gasteiger partial charge in [0.05, 0.1) is 5.60 Å². The Balaban J connectivity index is 1.96. The Kier molecular flexibility index (Phi) is 4.63. The Morgan fingerprint density at radius 3 is 2.24 bits per heavy atom. The van der Waals surface area contributed by atoms with Crippen LogP contribution >= 0.6 is 0 Å². The van der Waals surface area contributed by atoms with E-state index >= 15 is 0 Å². The van der Waals surface area contributed by atoms with Gasteiger partial charge in [-0.25, -0.2) is 0 Å². The van der Waals surface area contributed by atoms with E-state index in [0.717, 1.165) is 12.8 Å². The molecule has 0 aromatic heterocycles. The Bertz CT molecular complexity index is 515. The average molecular weight is 290 g/mol. The summed E-state index contributed by atoms with van der Waals surface area (Å²) in [7, 11) is 1.65. The van der Waals surface area contributed by atoms with Gasteiger partial charge in [-0.05, 0) is 25.0 Å². The normalized spacial score (nSPS) is 15.6. The molecule has 5 nitrogen and oxygen atoms in total. The molecule has 1 aromatic rings. The van der Waals surface area contributed by atoms with Crippen molar-refractivity contribution in [2.75, 3.05) is 13.7 Å². The summed E-state index contributed by atoms with van der Waals surface area (Å²) >= 11 is 0. The summed E-state index contributed by atoms with van der Waals surface area (Å²) in [6.07, 6.45) is 1.48. The SMILES string of the molecule is COC1(CNC(=O)C(=O)NC(C)C)Cc2ccccc2C1. The van der Waals surface area contributed by atoms with Crippen molar-refractivity contribution in [3.63, 3.8) is 0 Å². The number of rotatable bonds is 4. The molecule has 0 spiro atoms. The van der Waals surface area contributed by atoms with E-state index in [1.54, 1.807) is 7.11 Å². The van der Waals surface area contributed by atoms with Crippen LogP contribution < -0.4 is 10.6 Å². The maximum atomic E-state index is 11.8. The van der Waals surface area contributed by atoms with Crippen molar-refractivity contribution in [2.45, 2.75) is 38.3 Å². The number of hydrogen-bond acceptors (Lipinski definition) is 3. The standard InChI is InChI=1S/C16H22N2O3/c1-11(2)18-15(20)14(19)17-10-16(21-3)8-12-6-4-5-7-13(12)9-16/h4-7,11H,8-10H2,1-3H3,(H,17,19)(H,18,20). The van der Waals surface area contributed by atoms with Gasteiger partial charge in [0.15, 0.2) is 0 Å². The number of methoxy groups -OCH3 is 1. The summed E-state index contributed by atoms with van der Waals surface area (Å²) in [6, 6.07) is 8.08. The molecule has 0 aliphatic heterocycles. The monoisotopic (exact) mass is 290 g/mol. The van der Waals surface area contributed by atoms with Crippen molar-refractivity contribution in [1.29, 1.82) is 0 Å². The predicted molar refractivity (Wildman–Crippen MR) is 79.9 cm³/mol. The highest BCUT2D eigenvalue weighted by Gasteiger charge is 2.37. The highest BCUT2D eigenvalue weighted by molar-refractivity contribution is 6.35. The van der Waals surface area contributed by atoms with Crippen LogP contribution in [-0.4, -0.2) is 37.1 Å². The largest absolute Gasteiger partial charge is 0.376 e. The van der Waals surface area contributed by atoms with Crippen LogP contribution in [0.1, 0.15) is 25.0 Å². The number of carbonyl (C=O) groups excluding carboxylic acids is 2. The fourth-order valence-electron chi connectivity index (χ4n) is 2.65. The molecule has 2 amide bonds. The van der Waals surface area contributed by atoms with Crippen molar-refractivity contribution in [3.05, 3.63) is 35.4 Å². The lowest BCUT2D eigenvalue weighted by Gasteiger charge is -2.27. The summed E-state index contributed by atoms with van der Waals surface area (Å²) in [4.78, 5) is 23.4. The lowest BCUT2D eigenvalue weighted by Crippen LogP contribution is -2.50. The summed E-state index contributed by atoms with van der Waals surface area (Å²) in [5, 5.41) is 5.25. The van der Waals surface area contributed by atoms with Crippen LogP contribution in [0.5, 0.6) is 0 Å². The Hall–Kier alpha value is -1.88. The number of fused-ring (bicyclic) bond motifs is 1. The first-order valence-corrected chi connectivity index (χ1v) is 7.16. The van der Waals surface area contributed by atoms with Crippen LogP contribution in [0.4, 0.5) is 0 Å². The molecule has 1 aromatic carbocycles. The maximum absolute atomic E-state index is 11.8. The van der Waals surface area contributed by atoms with Crippen molar-refractivity contribution in [3.8, 4) is 0 Å². The smallest absolute Gasteiger partial charge is 0.309 e. The summed E-state index contributed by atoms with van der Waals surface area (Å²) in [5.74, 6) is -1.22. The van der Waals surface area contributed by atoms with Gasteiger partial charge in [0.25, 0.3) is 0 Å². The third kappa shape index (κ3) is 3.61. The third-order valence-corrected chi connectivity index (χ3v) is 3.77. The van der Waals surface area contributed by atoms with E-state index in [4.69, 9.17) is 4.74 Å². The molecule has 0 atom stereocenters. The molecule has 2 N–H and O–H groups in total. The van der Waals surface area contributed by atoms with Gasteiger partial charge in [-0.3, -0.25) is 9.59 Å². The molecule has 0 saturated heterocycles. The van der Waals surface area contributed by atoms with Crippen LogP contribution in [0.25, 0.3) is 0 Å². The van der Waals surface area contributed by atoms with E-state index in [9.17, 15) is 9.59 Å². The predicted octanol–water partition coefficient (Wildman–Crippen LogP) is 0.811. The van der Waals surface area contributed by atoms with Crippen molar-refractivity contribution >= 4 is 11.8 Å². The molecule has 1 aliphatic rings. The van der Waals surface area contributed by atoms with Crippen LogP contribution in [-0.2, 0) is 27.2 Å². The zero-order valence-corrected chi connectivity index (χ0v) is 12.7. The van der Waals surface area contributed by atoms with Gasteiger partial charge >= 0.3 is 11.8 Å². The molecule has 2 rings (SSSR count). The number of ether oxygens (including phenoxy) is 1. The summed E-state index contributed by atoms with van der Waals surface area (Å²) in [6.45, 7) is 3.95.